The number of nitrogens with zero attached hydrogens (tertiary/aromatic N) is 1. The van der Waals surface area contributed by atoms with Gasteiger partial charge in [0.25, 0.3) is 5.69 Å². The Labute approximate surface area is 116 Å². The first-order chi connectivity index (χ1) is 9.58. The number of hydrogen-bond donors (Lipinski definition) is 1. The van der Waals surface area contributed by atoms with Crippen LogP contribution in [0.2, 0.25) is 0 Å². The monoisotopic (exact) mass is 276 g/mol. The molecular weight excluding hydrogens is 260 g/mol. The van der Waals surface area contributed by atoms with Crippen molar-refractivity contribution >= 4 is 11.4 Å². The van der Waals surface area contributed by atoms with Crippen LogP contribution in [0.3, 0.4) is 0 Å². The molecule has 2 aromatic rings. The van der Waals surface area contributed by atoms with Gasteiger partial charge >= 0.3 is 0 Å². The molecule has 6 nitrogen and oxygen atoms in total. The lowest BCUT2D eigenvalue weighted by Crippen LogP contribution is -2.01. The van der Waals surface area contributed by atoms with E-state index in [9.17, 15) is 10.1 Å². The lowest BCUT2D eigenvalue weighted by Gasteiger charge is -2.08. The van der Waals surface area contributed by atoms with Gasteiger partial charge < -0.3 is 14.5 Å². The Bertz CT molecular complexity index is 607. The molecule has 1 heterocycles. The molecule has 0 aliphatic rings. The minimum absolute atomic E-state index is 0.00549. The molecular formula is C14H16N2O4. The maximum absolute atomic E-state index is 10.9. The first kappa shape index (κ1) is 13.9. The number of aryl methyl sites for hydroxylation is 1. The van der Waals surface area contributed by atoms with E-state index in [2.05, 4.69) is 5.32 Å². The fourth-order valence-corrected chi connectivity index (χ4v) is 1.81. The molecule has 0 spiro atoms. The SMILES string of the molecule is CCOc1cc(NCc2ccc(C)o2)cc([N+](=O)[O-])c1. The number of benzene rings is 1. The van der Waals surface area contributed by atoms with Gasteiger partial charge in [0.15, 0.2) is 0 Å². The molecule has 0 saturated carbocycles. The van der Waals surface area contributed by atoms with Gasteiger partial charge in [-0.15, -0.1) is 0 Å². The average molecular weight is 276 g/mol. The molecule has 0 saturated heterocycles. The summed E-state index contributed by atoms with van der Waals surface area (Å²) in [6.07, 6.45) is 0. The summed E-state index contributed by atoms with van der Waals surface area (Å²) < 4.78 is 10.8. The molecule has 1 aromatic carbocycles. The molecule has 2 rings (SSSR count). The number of nitro groups is 1. The van der Waals surface area contributed by atoms with Crippen molar-refractivity contribution in [2.75, 3.05) is 11.9 Å². The lowest BCUT2D eigenvalue weighted by atomic mass is 10.2. The third-order valence-corrected chi connectivity index (χ3v) is 2.68. The maximum atomic E-state index is 10.9. The van der Waals surface area contributed by atoms with Gasteiger partial charge in [0.2, 0.25) is 0 Å². The average Bonchev–Trinajstić information content (AvgIpc) is 2.82. The summed E-state index contributed by atoms with van der Waals surface area (Å²) in [5, 5.41) is 14.0. The van der Waals surface area contributed by atoms with Crippen molar-refractivity contribution in [2.24, 2.45) is 0 Å². The highest BCUT2D eigenvalue weighted by Gasteiger charge is 2.10. The van der Waals surface area contributed by atoms with Crippen molar-refractivity contribution in [3.63, 3.8) is 0 Å². The second-order valence-electron chi connectivity index (χ2n) is 4.27. The molecule has 0 atom stereocenters. The standard InChI is InChI=1S/C14H16N2O4/c1-3-19-14-7-11(6-12(8-14)16(17)18)15-9-13-5-4-10(2)20-13/h4-8,15H,3,9H2,1-2H3. The van der Waals surface area contributed by atoms with Crippen LogP contribution in [0.25, 0.3) is 0 Å². The molecule has 0 aliphatic heterocycles. The van der Waals surface area contributed by atoms with Gasteiger partial charge in [0.05, 0.1) is 24.1 Å². The van der Waals surface area contributed by atoms with E-state index in [0.29, 0.717) is 24.6 Å². The fraction of sp³-hybridized carbons (Fsp3) is 0.286. The number of rotatable bonds is 6. The Balaban J connectivity index is 2.15. The third-order valence-electron chi connectivity index (χ3n) is 2.68. The summed E-state index contributed by atoms with van der Waals surface area (Å²) in [6.45, 7) is 4.61. The van der Waals surface area contributed by atoms with E-state index in [1.165, 1.54) is 12.1 Å². The van der Waals surface area contributed by atoms with Crippen molar-refractivity contribution in [3.05, 3.63) is 52.0 Å². The second-order valence-corrected chi connectivity index (χ2v) is 4.27. The van der Waals surface area contributed by atoms with Crippen LogP contribution in [-0.4, -0.2) is 11.5 Å². The van der Waals surface area contributed by atoms with Crippen LogP contribution in [0.4, 0.5) is 11.4 Å². The fourth-order valence-electron chi connectivity index (χ4n) is 1.81. The van der Waals surface area contributed by atoms with Crippen LogP contribution in [0.1, 0.15) is 18.4 Å². The van der Waals surface area contributed by atoms with E-state index in [0.717, 1.165) is 11.5 Å². The molecule has 0 amide bonds. The van der Waals surface area contributed by atoms with Crippen LogP contribution in [-0.2, 0) is 6.54 Å². The summed E-state index contributed by atoms with van der Waals surface area (Å²) in [5.41, 5.74) is 0.616. The normalized spacial score (nSPS) is 10.3. The number of nitrogens with one attached hydrogen (secondary N) is 1. The maximum Gasteiger partial charge on any atom is 0.275 e. The number of non-ortho nitro benzene ring substituents is 1. The molecule has 1 N–H and O–H groups in total. The minimum atomic E-state index is -0.440. The lowest BCUT2D eigenvalue weighted by molar-refractivity contribution is -0.384. The van der Waals surface area contributed by atoms with Crippen LogP contribution >= 0.6 is 0 Å². The van der Waals surface area contributed by atoms with Gasteiger partial charge in [-0.05, 0) is 26.0 Å². The van der Waals surface area contributed by atoms with Crippen molar-refractivity contribution in [1.29, 1.82) is 0 Å². The number of hydrogen-bond acceptors (Lipinski definition) is 5. The molecule has 0 unspecified atom stereocenters. The molecule has 0 aliphatic carbocycles. The van der Waals surface area contributed by atoms with Crippen LogP contribution in [0.15, 0.2) is 34.7 Å². The van der Waals surface area contributed by atoms with Gasteiger partial charge in [-0.1, -0.05) is 0 Å². The van der Waals surface area contributed by atoms with Crippen LogP contribution in [0.5, 0.6) is 5.75 Å². The molecule has 1 aromatic heterocycles. The highest BCUT2D eigenvalue weighted by Crippen LogP contribution is 2.26. The molecule has 20 heavy (non-hydrogen) atoms. The Morgan fingerprint density at radius 1 is 1.35 bits per heavy atom. The molecule has 6 heteroatoms. The summed E-state index contributed by atoms with van der Waals surface area (Å²) in [7, 11) is 0. The van der Waals surface area contributed by atoms with E-state index >= 15 is 0 Å². The Morgan fingerprint density at radius 2 is 2.15 bits per heavy atom. The van der Waals surface area contributed by atoms with Gasteiger partial charge in [-0.3, -0.25) is 10.1 Å². The Kier molecular flexibility index (Phi) is 4.24. The molecule has 0 fully saturated rings. The summed E-state index contributed by atoms with van der Waals surface area (Å²) >= 11 is 0. The van der Waals surface area contributed by atoms with E-state index in [4.69, 9.17) is 9.15 Å². The minimum Gasteiger partial charge on any atom is -0.494 e. The second kappa shape index (κ2) is 6.10. The van der Waals surface area contributed by atoms with Gasteiger partial charge in [-0.25, -0.2) is 0 Å². The first-order valence-corrected chi connectivity index (χ1v) is 6.30. The van der Waals surface area contributed by atoms with Gasteiger partial charge in [-0.2, -0.15) is 0 Å². The Morgan fingerprint density at radius 3 is 2.75 bits per heavy atom. The largest absolute Gasteiger partial charge is 0.494 e. The first-order valence-electron chi connectivity index (χ1n) is 6.30. The Hall–Kier alpha value is -2.50. The molecule has 106 valence electrons. The molecule has 0 radical (unpaired) electrons. The van der Waals surface area contributed by atoms with Crippen LogP contribution < -0.4 is 10.1 Å². The number of anilines is 1. The van der Waals surface area contributed by atoms with E-state index in [1.807, 2.05) is 26.0 Å². The highest BCUT2D eigenvalue weighted by atomic mass is 16.6. The molecule has 0 bridgehead atoms. The third kappa shape index (κ3) is 3.50. The number of furan rings is 1. The summed E-state index contributed by atoms with van der Waals surface area (Å²) in [6, 6.07) is 8.34. The van der Waals surface area contributed by atoms with E-state index in [1.54, 1.807) is 6.07 Å². The quantitative estimate of drug-likeness (QED) is 0.645. The smallest absolute Gasteiger partial charge is 0.275 e. The zero-order chi connectivity index (χ0) is 14.5. The van der Waals surface area contributed by atoms with Crippen molar-refractivity contribution in [1.82, 2.24) is 0 Å². The van der Waals surface area contributed by atoms with Gasteiger partial charge in [0, 0.05) is 17.8 Å². The predicted octanol–water partition coefficient (Wildman–Crippen LogP) is 3.51. The zero-order valence-electron chi connectivity index (χ0n) is 11.4. The summed E-state index contributed by atoms with van der Waals surface area (Å²) in [4.78, 5) is 10.5. The van der Waals surface area contributed by atoms with Crippen molar-refractivity contribution < 1.29 is 14.1 Å². The highest BCUT2D eigenvalue weighted by molar-refractivity contribution is 5.56. The predicted molar refractivity (Wildman–Crippen MR) is 75.0 cm³/mol. The van der Waals surface area contributed by atoms with E-state index in [-0.39, 0.29) is 5.69 Å². The van der Waals surface area contributed by atoms with Gasteiger partial charge in [0.1, 0.15) is 17.3 Å². The topological polar surface area (TPSA) is 77.5 Å². The van der Waals surface area contributed by atoms with Crippen LogP contribution in [0, 0.1) is 17.0 Å². The van der Waals surface area contributed by atoms with Crippen molar-refractivity contribution in [2.45, 2.75) is 20.4 Å². The van der Waals surface area contributed by atoms with E-state index < -0.39 is 4.92 Å². The zero-order valence-corrected chi connectivity index (χ0v) is 11.4. The number of nitro benzene ring substituents is 1. The van der Waals surface area contributed by atoms with Crippen molar-refractivity contribution in [3.8, 4) is 5.75 Å². The number of ether oxygens (including phenoxy) is 1. The summed E-state index contributed by atoms with van der Waals surface area (Å²) in [5.74, 6) is 2.07.